The smallest absolute Gasteiger partial charge is 0.416 e. The van der Waals surface area contributed by atoms with Gasteiger partial charge in [-0.05, 0) is 86.6 Å². The van der Waals surface area contributed by atoms with Crippen LogP contribution < -0.4 is 10.6 Å². The van der Waals surface area contributed by atoms with Crippen LogP contribution in [0.5, 0.6) is 0 Å². The molecule has 6 nitrogen and oxygen atoms in total. The zero-order valence-electron chi connectivity index (χ0n) is 18.6. The maximum atomic E-state index is 12.8. The summed E-state index contributed by atoms with van der Waals surface area (Å²) in [6.07, 6.45) is 3.52. The molecular weight excluding hydrogens is 447 g/mol. The SMILES string of the molecule is O=C(O)CC1CCC2CC(c3ccc(NC(=O)Nc4cccc(C(F)(F)F)c4)cn3)CCC2C1. The van der Waals surface area contributed by atoms with Crippen molar-refractivity contribution in [1.82, 2.24) is 4.98 Å². The van der Waals surface area contributed by atoms with E-state index in [4.69, 9.17) is 5.11 Å². The molecule has 0 bridgehead atoms. The van der Waals surface area contributed by atoms with Gasteiger partial charge in [-0.2, -0.15) is 13.2 Å². The van der Waals surface area contributed by atoms with Crippen LogP contribution in [-0.2, 0) is 11.0 Å². The maximum absolute atomic E-state index is 12.8. The summed E-state index contributed by atoms with van der Waals surface area (Å²) in [6, 6.07) is 7.45. The minimum atomic E-state index is -4.48. The van der Waals surface area contributed by atoms with Crippen molar-refractivity contribution in [3.05, 3.63) is 53.9 Å². The summed E-state index contributed by atoms with van der Waals surface area (Å²) in [6.45, 7) is 0. The van der Waals surface area contributed by atoms with Crippen LogP contribution in [0, 0.1) is 17.8 Å². The van der Waals surface area contributed by atoms with E-state index in [0.29, 0.717) is 29.4 Å². The second kappa shape index (κ2) is 10.0. The van der Waals surface area contributed by atoms with E-state index in [1.54, 1.807) is 12.3 Å². The zero-order valence-corrected chi connectivity index (χ0v) is 18.6. The minimum Gasteiger partial charge on any atom is -0.481 e. The van der Waals surface area contributed by atoms with Crippen molar-refractivity contribution in [2.45, 2.75) is 57.0 Å². The third-order valence-corrected chi connectivity index (χ3v) is 7.10. The average molecular weight is 476 g/mol. The third-order valence-electron chi connectivity index (χ3n) is 7.10. The van der Waals surface area contributed by atoms with E-state index in [2.05, 4.69) is 15.6 Å². The predicted octanol–water partition coefficient (Wildman–Crippen LogP) is 6.52. The topological polar surface area (TPSA) is 91.3 Å². The number of pyridine rings is 1. The number of carbonyl (C=O) groups excluding carboxylic acids is 1. The van der Waals surface area contributed by atoms with Crippen molar-refractivity contribution in [1.29, 1.82) is 0 Å². The van der Waals surface area contributed by atoms with Crippen LogP contribution in [0.2, 0.25) is 0 Å². The Balaban J connectivity index is 1.30. The van der Waals surface area contributed by atoms with Crippen LogP contribution in [0.1, 0.15) is 62.1 Å². The number of aromatic nitrogens is 1. The van der Waals surface area contributed by atoms with Crippen LogP contribution in [0.25, 0.3) is 0 Å². The summed E-state index contributed by atoms with van der Waals surface area (Å²) in [4.78, 5) is 27.8. The fraction of sp³-hybridized carbons (Fsp3) is 0.480. The van der Waals surface area contributed by atoms with E-state index in [9.17, 15) is 22.8 Å². The Morgan fingerprint density at radius 2 is 1.71 bits per heavy atom. The molecule has 2 aromatic rings. The number of urea groups is 1. The van der Waals surface area contributed by atoms with Gasteiger partial charge < -0.3 is 15.7 Å². The molecule has 2 aliphatic carbocycles. The molecule has 4 atom stereocenters. The largest absolute Gasteiger partial charge is 0.481 e. The van der Waals surface area contributed by atoms with Gasteiger partial charge in [0.1, 0.15) is 0 Å². The highest BCUT2D eigenvalue weighted by Gasteiger charge is 2.37. The summed E-state index contributed by atoms with van der Waals surface area (Å²) < 4.78 is 38.5. The van der Waals surface area contributed by atoms with Gasteiger partial charge in [-0.1, -0.05) is 6.07 Å². The molecule has 3 N–H and O–H groups in total. The number of hydrogen-bond donors (Lipinski definition) is 3. The standard InChI is InChI=1S/C25H28F3N3O3/c26-25(27,28)19-2-1-3-20(13-19)30-24(34)31-21-8-9-22(29-14-21)18-7-6-16-10-15(11-23(32)33)4-5-17(16)12-18/h1-3,8-9,13-18H,4-7,10-12H2,(H,32,33)(H2,30,31,34). The number of nitrogens with one attached hydrogen (secondary N) is 2. The summed E-state index contributed by atoms with van der Waals surface area (Å²) in [5, 5.41) is 14.1. The highest BCUT2D eigenvalue weighted by Crippen LogP contribution is 2.47. The molecule has 182 valence electrons. The number of nitrogens with zero attached hydrogens (tertiary/aromatic N) is 1. The van der Waals surface area contributed by atoms with Crippen LogP contribution in [0.3, 0.4) is 0 Å². The van der Waals surface area contributed by atoms with Gasteiger partial charge in [-0.3, -0.25) is 9.78 Å². The second-order valence-corrected chi connectivity index (χ2v) is 9.44. The number of anilines is 2. The molecule has 0 aliphatic heterocycles. The highest BCUT2D eigenvalue weighted by atomic mass is 19.4. The number of hydrogen-bond acceptors (Lipinski definition) is 3. The van der Waals surface area contributed by atoms with Gasteiger partial charge in [-0.15, -0.1) is 0 Å². The van der Waals surface area contributed by atoms with Gasteiger partial charge in [0.05, 0.1) is 17.4 Å². The molecule has 9 heteroatoms. The van der Waals surface area contributed by atoms with Gasteiger partial charge in [0.25, 0.3) is 0 Å². The molecule has 0 radical (unpaired) electrons. The molecule has 2 saturated carbocycles. The third kappa shape index (κ3) is 6.07. The fourth-order valence-corrected chi connectivity index (χ4v) is 5.47. The first-order valence-corrected chi connectivity index (χ1v) is 11.6. The van der Waals surface area contributed by atoms with Gasteiger partial charge in [0.15, 0.2) is 0 Å². The number of amides is 2. The Labute approximate surface area is 196 Å². The van der Waals surface area contributed by atoms with E-state index in [1.165, 1.54) is 12.1 Å². The van der Waals surface area contributed by atoms with Crippen LogP contribution in [0.4, 0.5) is 29.3 Å². The number of carboxylic acid groups (broad SMARTS) is 1. The molecule has 1 heterocycles. The lowest BCUT2D eigenvalue weighted by Gasteiger charge is -2.41. The normalized spacial score (nSPS) is 24.7. The molecule has 2 aliphatic rings. The summed E-state index contributed by atoms with van der Waals surface area (Å²) >= 11 is 0. The molecule has 1 aromatic heterocycles. The monoisotopic (exact) mass is 475 g/mol. The molecule has 1 aromatic carbocycles. The van der Waals surface area contributed by atoms with Gasteiger partial charge in [0.2, 0.25) is 0 Å². The van der Waals surface area contributed by atoms with E-state index in [1.807, 2.05) is 6.07 Å². The first-order chi connectivity index (χ1) is 16.2. The van der Waals surface area contributed by atoms with Crippen LogP contribution in [-0.4, -0.2) is 22.1 Å². The molecule has 0 spiro atoms. The van der Waals surface area contributed by atoms with Gasteiger partial charge in [0, 0.05) is 23.7 Å². The molecule has 2 fully saturated rings. The lowest BCUT2D eigenvalue weighted by atomic mass is 9.64. The van der Waals surface area contributed by atoms with E-state index >= 15 is 0 Å². The molecule has 4 rings (SSSR count). The number of fused-ring (bicyclic) bond motifs is 1. The highest BCUT2D eigenvalue weighted by molar-refractivity contribution is 5.99. The van der Waals surface area contributed by atoms with Crippen molar-refractivity contribution >= 4 is 23.4 Å². The quantitative estimate of drug-likeness (QED) is 0.459. The van der Waals surface area contributed by atoms with Crippen LogP contribution in [0.15, 0.2) is 42.6 Å². The van der Waals surface area contributed by atoms with Crippen LogP contribution >= 0.6 is 0 Å². The first kappa shape index (κ1) is 24.0. The van der Waals surface area contributed by atoms with Crippen molar-refractivity contribution in [3.8, 4) is 0 Å². The number of benzene rings is 1. The number of alkyl halides is 3. The van der Waals surface area contributed by atoms with E-state index in [0.717, 1.165) is 56.4 Å². The molecule has 4 unspecified atom stereocenters. The summed E-state index contributed by atoms with van der Waals surface area (Å²) in [5.74, 6) is 1.11. The Morgan fingerprint density at radius 3 is 2.41 bits per heavy atom. The molecular formula is C25H28F3N3O3. The van der Waals surface area contributed by atoms with Crippen molar-refractivity contribution in [2.75, 3.05) is 10.6 Å². The Hall–Kier alpha value is -3.10. The molecule has 0 saturated heterocycles. The lowest BCUT2D eigenvalue weighted by molar-refractivity contribution is -0.139. The van der Waals surface area contributed by atoms with Gasteiger partial charge in [-0.25, -0.2) is 4.79 Å². The van der Waals surface area contributed by atoms with Crippen molar-refractivity contribution < 1.29 is 27.9 Å². The summed E-state index contributed by atoms with van der Waals surface area (Å²) in [5.41, 5.74) is 0.638. The second-order valence-electron chi connectivity index (χ2n) is 9.44. The minimum absolute atomic E-state index is 0.0479. The number of halogens is 3. The Bertz CT molecular complexity index is 1030. The Kier molecular flexibility index (Phi) is 7.09. The Morgan fingerprint density at radius 1 is 0.971 bits per heavy atom. The number of aliphatic carboxylic acids is 1. The van der Waals surface area contributed by atoms with Crippen molar-refractivity contribution in [3.63, 3.8) is 0 Å². The number of rotatable bonds is 5. The van der Waals surface area contributed by atoms with E-state index in [-0.39, 0.29) is 12.1 Å². The number of carboxylic acids is 1. The molecule has 34 heavy (non-hydrogen) atoms. The van der Waals surface area contributed by atoms with Gasteiger partial charge >= 0.3 is 18.2 Å². The predicted molar refractivity (Wildman–Crippen MR) is 121 cm³/mol. The van der Waals surface area contributed by atoms with E-state index < -0.39 is 23.7 Å². The average Bonchev–Trinajstić information content (AvgIpc) is 2.78. The summed E-state index contributed by atoms with van der Waals surface area (Å²) in [7, 11) is 0. The van der Waals surface area contributed by atoms with Crippen molar-refractivity contribution in [2.24, 2.45) is 17.8 Å². The molecule has 2 amide bonds. The first-order valence-electron chi connectivity index (χ1n) is 11.6. The zero-order chi connectivity index (χ0) is 24.3. The number of carbonyl (C=O) groups is 2. The maximum Gasteiger partial charge on any atom is 0.416 e. The lowest BCUT2D eigenvalue weighted by Crippen LogP contribution is -2.31. The fourth-order valence-electron chi connectivity index (χ4n) is 5.47.